The maximum Gasteiger partial charge on any atom is 0.268 e. The highest BCUT2D eigenvalue weighted by Gasteiger charge is 2.19. The van der Waals surface area contributed by atoms with Crippen LogP contribution < -0.4 is 5.73 Å². The summed E-state index contributed by atoms with van der Waals surface area (Å²) in [6, 6.07) is 6.85. The topological polar surface area (TPSA) is 101 Å². The van der Waals surface area contributed by atoms with E-state index in [0.717, 1.165) is 5.56 Å². The smallest absolute Gasteiger partial charge is 0.268 e. The Morgan fingerprint density at radius 2 is 2.14 bits per heavy atom. The molecule has 6 nitrogen and oxygen atoms in total. The van der Waals surface area contributed by atoms with Crippen LogP contribution in [0.1, 0.15) is 35.4 Å². The number of hydrogen-bond donors (Lipinski definition) is 3. The molecule has 4 N–H and O–H groups in total. The molecule has 2 atom stereocenters. The zero-order valence-electron chi connectivity index (χ0n) is 11.8. The van der Waals surface area contributed by atoms with Crippen LogP contribution in [0.25, 0.3) is 0 Å². The molecule has 0 aliphatic rings. The van der Waals surface area contributed by atoms with Crippen molar-refractivity contribution in [2.45, 2.75) is 31.9 Å². The molecule has 112 valence electrons. The van der Waals surface area contributed by atoms with Crippen molar-refractivity contribution in [2.24, 2.45) is 5.73 Å². The second kappa shape index (κ2) is 6.41. The van der Waals surface area contributed by atoms with Gasteiger partial charge in [-0.25, -0.2) is 4.98 Å². The zero-order chi connectivity index (χ0) is 15.4. The Labute approximate surface area is 122 Å². The molecule has 0 bridgehead atoms. The molecule has 0 aliphatic heterocycles. The van der Waals surface area contributed by atoms with E-state index in [4.69, 9.17) is 5.73 Å². The van der Waals surface area contributed by atoms with Gasteiger partial charge in [-0.1, -0.05) is 18.2 Å². The number of phenolic OH excluding ortho intramolecular Hbond substituents is 1. The monoisotopic (exact) mass is 289 g/mol. The lowest BCUT2D eigenvalue weighted by atomic mass is 10.0. The lowest BCUT2D eigenvalue weighted by Gasteiger charge is -2.21. The molecule has 21 heavy (non-hydrogen) atoms. The first-order valence-corrected chi connectivity index (χ1v) is 6.77. The normalized spacial score (nSPS) is 13.8. The van der Waals surface area contributed by atoms with E-state index in [1.807, 2.05) is 12.1 Å². The Bertz CT molecular complexity index is 622. The van der Waals surface area contributed by atoms with Crippen molar-refractivity contribution in [2.75, 3.05) is 0 Å². The standard InChI is InChI=1S/C15H19N3O3/c1-10(19)13(18-8-12(15(16)21)17-9-18)7-6-11-4-2-3-5-14(11)20/h2-5,8-10,13,19-20H,6-7H2,1H3,(H2,16,21). The van der Waals surface area contributed by atoms with E-state index >= 15 is 0 Å². The zero-order valence-corrected chi connectivity index (χ0v) is 11.8. The Kier molecular flexibility index (Phi) is 4.59. The first-order valence-electron chi connectivity index (χ1n) is 6.77. The molecule has 0 fully saturated rings. The maximum atomic E-state index is 11.1. The van der Waals surface area contributed by atoms with Crippen LogP contribution in [0, 0.1) is 0 Å². The van der Waals surface area contributed by atoms with Crippen molar-refractivity contribution in [3.63, 3.8) is 0 Å². The minimum absolute atomic E-state index is 0.170. The van der Waals surface area contributed by atoms with Gasteiger partial charge in [0.05, 0.1) is 18.5 Å². The van der Waals surface area contributed by atoms with E-state index in [2.05, 4.69) is 4.98 Å². The molecule has 6 heteroatoms. The van der Waals surface area contributed by atoms with Gasteiger partial charge in [0.15, 0.2) is 0 Å². The fourth-order valence-corrected chi connectivity index (χ4v) is 2.31. The molecule has 1 amide bonds. The number of aromatic hydroxyl groups is 1. The van der Waals surface area contributed by atoms with Crippen molar-refractivity contribution in [1.82, 2.24) is 9.55 Å². The number of primary amides is 1. The third kappa shape index (κ3) is 3.61. The number of nitrogens with zero attached hydrogens (tertiary/aromatic N) is 2. The van der Waals surface area contributed by atoms with Crippen molar-refractivity contribution in [1.29, 1.82) is 0 Å². The number of rotatable bonds is 6. The summed E-state index contributed by atoms with van der Waals surface area (Å²) < 4.78 is 1.69. The number of carbonyl (C=O) groups excluding carboxylic acids is 1. The summed E-state index contributed by atoms with van der Waals surface area (Å²) in [4.78, 5) is 15.0. The number of imidazole rings is 1. The van der Waals surface area contributed by atoms with Gasteiger partial charge in [-0.15, -0.1) is 0 Å². The molecule has 1 aromatic carbocycles. The van der Waals surface area contributed by atoms with Gasteiger partial charge < -0.3 is 20.5 Å². The number of aromatic nitrogens is 2. The Morgan fingerprint density at radius 3 is 2.71 bits per heavy atom. The number of para-hydroxylation sites is 1. The van der Waals surface area contributed by atoms with Gasteiger partial charge >= 0.3 is 0 Å². The van der Waals surface area contributed by atoms with Crippen LogP contribution in [0.5, 0.6) is 5.75 Å². The fraction of sp³-hybridized carbons (Fsp3) is 0.333. The highest BCUT2D eigenvalue weighted by atomic mass is 16.3. The third-order valence-corrected chi connectivity index (χ3v) is 3.49. The Hall–Kier alpha value is -2.34. The number of carbonyl (C=O) groups is 1. The number of aryl methyl sites for hydroxylation is 1. The van der Waals surface area contributed by atoms with Gasteiger partial charge in [-0.2, -0.15) is 0 Å². The molecule has 2 rings (SSSR count). The number of nitrogens with two attached hydrogens (primary N) is 1. The minimum atomic E-state index is -0.620. The summed E-state index contributed by atoms with van der Waals surface area (Å²) in [5.74, 6) is -0.357. The summed E-state index contributed by atoms with van der Waals surface area (Å²) >= 11 is 0. The van der Waals surface area contributed by atoms with Gasteiger partial charge in [-0.05, 0) is 31.4 Å². The van der Waals surface area contributed by atoms with E-state index in [0.29, 0.717) is 12.8 Å². The van der Waals surface area contributed by atoms with Crippen LogP contribution in [0.15, 0.2) is 36.8 Å². The molecule has 2 aromatic rings. The highest BCUT2D eigenvalue weighted by Crippen LogP contribution is 2.23. The molecule has 1 aromatic heterocycles. The van der Waals surface area contributed by atoms with E-state index in [1.165, 1.54) is 12.5 Å². The summed E-state index contributed by atoms with van der Waals surface area (Å²) in [6.07, 6.45) is 3.61. The third-order valence-electron chi connectivity index (χ3n) is 3.49. The van der Waals surface area contributed by atoms with Crippen molar-refractivity contribution in [3.05, 3.63) is 48.0 Å². The molecule has 0 radical (unpaired) electrons. The lowest BCUT2D eigenvalue weighted by molar-refractivity contribution is 0.0994. The first kappa shape index (κ1) is 15.1. The SMILES string of the molecule is CC(O)C(CCc1ccccc1O)n1cnc(C(N)=O)c1. The van der Waals surface area contributed by atoms with Gasteiger partial charge in [0.1, 0.15) is 11.4 Å². The molecule has 1 heterocycles. The Balaban J connectivity index is 2.12. The molecule has 0 spiro atoms. The molecule has 0 saturated heterocycles. The summed E-state index contributed by atoms with van der Waals surface area (Å²) in [5, 5.41) is 19.7. The minimum Gasteiger partial charge on any atom is -0.508 e. The number of phenols is 1. The summed E-state index contributed by atoms with van der Waals surface area (Å²) in [5.41, 5.74) is 6.17. The highest BCUT2D eigenvalue weighted by molar-refractivity contribution is 5.90. The van der Waals surface area contributed by atoms with E-state index < -0.39 is 12.0 Å². The number of amides is 1. The lowest BCUT2D eigenvalue weighted by Crippen LogP contribution is -2.21. The van der Waals surface area contributed by atoms with Crippen LogP contribution in [-0.2, 0) is 6.42 Å². The number of aliphatic hydroxyl groups excluding tert-OH is 1. The second-order valence-corrected chi connectivity index (χ2v) is 5.05. The van der Waals surface area contributed by atoms with Crippen LogP contribution in [0.2, 0.25) is 0 Å². The number of aliphatic hydroxyl groups is 1. The average molecular weight is 289 g/mol. The van der Waals surface area contributed by atoms with Crippen LogP contribution in [0.4, 0.5) is 0 Å². The van der Waals surface area contributed by atoms with Crippen LogP contribution in [0.3, 0.4) is 0 Å². The predicted molar refractivity (Wildman–Crippen MR) is 77.9 cm³/mol. The van der Waals surface area contributed by atoms with E-state index in [9.17, 15) is 15.0 Å². The van der Waals surface area contributed by atoms with E-state index in [1.54, 1.807) is 23.6 Å². The number of benzene rings is 1. The molecule has 0 saturated carbocycles. The average Bonchev–Trinajstić information content (AvgIpc) is 2.90. The first-order chi connectivity index (χ1) is 9.99. The van der Waals surface area contributed by atoms with Gasteiger partial charge in [0.25, 0.3) is 5.91 Å². The van der Waals surface area contributed by atoms with Gasteiger partial charge in [0, 0.05) is 6.20 Å². The quantitative estimate of drug-likeness (QED) is 0.744. The molecule has 2 unspecified atom stereocenters. The Morgan fingerprint density at radius 1 is 1.43 bits per heavy atom. The maximum absolute atomic E-state index is 11.1. The molecule has 0 aliphatic carbocycles. The second-order valence-electron chi connectivity index (χ2n) is 5.05. The summed E-state index contributed by atoms with van der Waals surface area (Å²) in [7, 11) is 0. The van der Waals surface area contributed by atoms with Gasteiger partial charge in [-0.3, -0.25) is 4.79 Å². The fourth-order valence-electron chi connectivity index (χ4n) is 2.31. The van der Waals surface area contributed by atoms with E-state index in [-0.39, 0.29) is 17.5 Å². The predicted octanol–water partition coefficient (Wildman–Crippen LogP) is 1.24. The number of hydrogen-bond acceptors (Lipinski definition) is 4. The largest absolute Gasteiger partial charge is 0.508 e. The van der Waals surface area contributed by atoms with Crippen molar-refractivity contribution < 1.29 is 15.0 Å². The summed E-state index contributed by atoms with van der Waals surface area (Å²) in [6.45, 7) is 1.68. The molecular weight excluding hydrogens is 270 g/mol. The van der Waals surface area contributed by atoms with Crippen LogP contribution in [-0.4, -0.2) is 31.8 Å². The van der Waals surface area contributed by atoms with Gasteiger partial charge in [0.2, 0.25) is 0 Å². The molecular formula is C15H19N3O3. The van der Waals surface area contributed by atoms with Crippen molar-refractivity contribution >= 4 is 5.91 Å². The van der Waals surface area contributed by atoms with Crippen molar-refractivity contribution in [3.8, 4) is 5.75 Å². The van der Waals surface area contributed by atoms with Crippen LogP contribution >= 0.6 is 0 Å².